The fourth-order valence-electron chi connectivity index (χ4n) is 9.03. The Hall–Kier alpha value is -7.76. The van der Waals surface area contributed by atoms with Crippen LogP contribution in [0.25, 0.3) is 33.1 Å². The fraction of sp³-hybridized carbons (Fsp3) is 0.440. The van der Waals surface area contributed by atoms with Crippen molar-refractivity contribution in [2.24, 2.45) is 0 Å². The SMILES string of the molecule is CCn1nc(C2CC2)cc1Nc1nc(C(=O)NCCCOCCOCCOCCCNC(=O)CNc2cccc3c2C(=O)N(C2CCC(=O)NC2=O)C3=O)nc2[nH]c3cc(-c4c(C)noc4C)c(OC)cc3c12. The Bertz CT molecular complexity index is 3070. The molecule has 6 amide bonds. The molecule has 73 heavy (non-hydrogen) atoms. The molecule has 3 aliphatic rings. The lowest BCUT2D eigenvalue weighted by atomic mass is 10.0. The van der Waals surface area contributed by atoms with Crippen molar-refractivity contribution in [3.8, 4) is 16.9 Å². The van der Waals surface area contributed by atoms with Gasteiger partial charge in [0, 0.05) is 73.4 Å². The molecule has 0 spiro atoms. The molecule has 1 aliphatic carbocycles. The molecule has 2 aromatic carbocycles. The Morgan fingerprint density at radius 3 is 2.29 bits per heavy atom. The third kappa shape index (κ3) is 11.0. The molecule has 1 saturated carbocycles. The summed E-state index contributed by atoms with van der Waals surface area (Å²) >= 11 is 0. The van der Waals surface area contributed by atoms with Crippen LogP contribution in [0.15, 0.2) is 40.9 Å². The number of nitrogens with zero attached hydrogens (tertiary/aromatic N) is 6. The van der Waals surface area contributed by atoms with E-state index in [-0.39, 0.29) is 42.2 Å². The Morgan fingerprint density at radius 1 is 0.863 bits per heavy atom. The van der Waals surface area contributed by atoms with Crippen LogP contribution in [0.2, 0.25) is 0 Å². The maximum absolute atomic E-state index is 13.6. The van der Waals surface area contributed by atoms with Gasteiger partial charge < -0.3 is 49.7 Å². The summed E-state index contributed by atoms with van der Waals surface area (Å²) in [7, 11) is 1.62. The molecule has 23 nitrogen and oxygen atoms in total. The van der Waals surface area contributed by atoms with Gasteiger partial charge in [-0.25, -0.2) is 14.6 Å². The first-order chi connectivity index (χ1) is 35.4. The average molecular weight is 1000 g/mol. The van der Waals surface area contributed by atoms with Gasteiger partial charge >= 0.3 is 0 Å². The van der Waals surface area contributed by atoms with Crippen molar-refractivity contribution in [1.82, 2.24) is 50.7 Å². The van der Waals surface area contributed by atoms with Crippen molar-refractivity contribution in [2.75, 3.05) is 77.0 Å². The molecule has 6 aromatic rings. The van der Waals surface area contributed by atoms with Crippen LogP contribution in [0, 0.1) is 13.8 Å². The molecule has 1 saturated heterocycles. The van der Waals surface area contributed by atoms with Crippen molar-refractivity contribution in [2.45, 2.75) is 77.8 Å². The van der Waals surface area contributed by atoms with E-state index in [0.29, 0.717) is 112 Å². The van der Waals surface area contributed by atoms with E-state index < -0.39 is 35.6 Å². The smallest absolute Gasteiger partial charge is 0.289 e. The molecule has 23 heteroatoms. The summed E-state index contributed by atoms with van der Waals surface area (Å²) < 4.78 is 30.2. The van der Waals surface area contributed by atoms with Crippen LogP contribution >= 0.6 is 0 Å². The highest BCUT2D eigenvalue weighted by atomic mass is 16.5. The van der Waals surface area contributed by atoms with Gasteiger partial charge in [0.25, 0.3) is 17.7 Å². The van der Waals surface area contributed by atoms with Crippen molar-refractivity contribution in [3.05, 3.63) is 70.5 Å². The van der Waals surface area contributed by atoms with E-state index in [4.69, 9.17) is 38.5 Å². The molecule has 0 bridgehead atoms. The Morgan fingerprint density at radius 2 is 1.60 bits per heavy atom. The summed E-state index contributed by atoms with van der Waals surface area (Å²) in [5.41, 5.74) is 5.14. The largest absolute Gasteiger partial charge is 0.496 e. The predicted octanol–water partition coefficient (Wildman–Crippen LogP) is 4.42. The zero-order valence-corrected chi connectivity index (χ0v) is 41.1. The van der Waals surface area contributed by atoms with Crippen molar-refractivity contribution >= 4 is 74.7 Å². The molecular weight excluding hydrogens is 945 g/mol. The average Bonchev–Trinajstić information content (AvgIpc) is 3.82. The van der Waals surface area contributed by atoms with Crippen molar-refractivity contribution in [1.29, 1.82) is 0 Å². The molecule has 6 heterocycles. The number of nitrogens with one attached hydrogen (secondary N) is 6. The van der Waals surface area contributed by atoms with E-state index in [9.17, 15) is 28.8 Å². The van der Waals surface area contributed by atoms with Gasteiger partial charge in [-0.2, -0.15) is 5.10 Å². The molecule has 1 atom stereocenters. The third-order valence-corrected chi connectivity index (χ3v) is 12.8. The molecular formula is C50H58N12O11. The van der Waals surface area contributed by atoms with Crippen LogP contribution in [0.5, 0.6) is 5.75 Å². The number of hydrogen-bond donors (Lipinski definition) is 6. The number of aromatic nitrogens is 6. The van der Waals surface area contributed by atoms with Crippen LogP contribution in [0.4, 0.5) is 17.3 Å². The first-order valence-corrected chi connectivity index (χ1v) is 24.5. The number of H-pyrrole nitrogens is 1. The Kier molecular flexibility index (Phi) is 15.4. The maximum Gasteiger partial charge on any atom is 0.289 e. The van der Waals surface area contributed by atoms with Gasteiger partial charge in [-0.3, -0.25) is 39.0 Å². The van der Waals surface area contributed by atoms with E-state index in [1.165, 1.54) is 6.07 Å². The summed E-state index contributed by atoms with van der Waals surface area (Å²) in [4.78, 5) is 90.3. The number of benzene rings is 2. The minimum Gasteiger partial charge on any atom is -0.496 e. The van der Waals surface area contributed by atoms with Crippen molar-refractivity contribution < 1.29 is 52.2 Å². The van der Waals surface area contributed by atoms with Crippen molar-refractivity contribution in [3.63, 3.8) is 0 Å². The number of aromatic amines is 1. The maximum atomic E-state index is 13.6. The summed E-state index contributed by atoms with van der Waals surface area (Å²) in [5.74, 6) is -0.247. The fourth-order valence-corrected chi connectivity index (χ4v) is 9.03. The Labute approximate surface area is 418 Å². The third-order valence-electron chi connectivity index (χ3n) is 12.8. The lowest BCUT2D eigenvalue weighted by Crippen LogP contribution is -2.54. The molecule has 1 unspecified atom stereocenters. The molecule has 6 N–H and O–H groups in total. The van der Waals surface area contributed by atoms with Crippen LogP contribution in [0.1, 0.15) is 99.8 Å². The van der Waals surface area contributed by atoms with Gasteiger partial charge in [0.05, 0.1) is 73.5 Å². The monoisotopic (exact) mass is 1000 g/mol. The number of fused-ring (bicyclic) bond motifs is 4. The van der Waals surface area contributed by atoms with E-state index in [1.807, 2.05) is 37.6 Å². The number of rotatable bonds is 25. The molecule has 2 fully saturated rings. The number of hydrogen-bond acceptors (Lipinski definition) is 17. The second-order valence-electron chi connectivity index (χ2n) is 17.9. The van der Waals surface area contributed by atoms with Gasteiger partial charge in [-0.15, -0.1) is 0 Å². The van der Waals surface area contributed by atoms with Crippen LogP contribution < -0.4 is 31.3 Å². The van der Waals surface area contributed by atoms with E-state index in [2.05, 4.69) is 42.8 Å². The zero-order valence-electron chi connectivity index (χ0n) is 41.1. The molecule has 0 radical (unpaired) electrons. The van der Waals surface area contributed by atoms with Gasteiger partial charge in [0.1, 0.15) is 34.8 Å². The van der Waals surface area contributed by atoms with Gasteiger partial charge in [0.2, 0.25) is 23.5 Å². The van der Waals surface area contributed by atoms with E-state index in [0.717, 1.165) is 57.0 Å². The molecule has 2 aliphatic heterocycles. The minimum atomic E-state index is -1.08. The normalized spacial score (nSPS) is 15.6. The quantitative estimate of drug-likeness (QED) is 0.0342. The topological polar surface area (TPSA) is 288 Å². The first kappa shape index (κ1) is 50.2. The van der Waals surface area contributed by atoms with E-state index >= 15 is 0 Å². The molecule has 9 rings (SSSR count). The standard InChI is InChI=1S/C50H58N12O11/c1-5-61-38(25-34(59-61)29-11-12-29)55-45-43-31-24-37(69-4)32(41-27(2)60-73-28(41)3)23-35(31)54-44(43)57-46(58-45)48(66)52-16-8-18-71-20-22-72-21-19-70-17-7-15-51-40(64)26-53-33-10-6-9-30-42(33)50(68)62(49(30)67)36-13-14-39(63)56-47(36)65/h6,9-10,23-25,29,36,53H,5,7-8,11-22,26H2,1-4H3,(H,51,64)(H,52,66)(H,56,63,65)(H2,54,55,57,58). The second-order valence-corrected chi connectivity index (χ2v) is 17.9. The van der Waals surface area contributed by atoms with Crippen LogP contribution in [-0.4, -0.2) is 143 Å². The number of methoxy groups -OCH3 is 1. The highest BCUT2D eigenvalue weighted by Gasteiger charge is 2.45. The number of piperidine rings is 1. The summed E-state index contributed by atoms with van der Waals surface area (Å²) in [6.07, 6.45) is 3.39. The lowest BCUT2D eigenvalue weighted by molar-refractivity contribution is -0.136. The van der Waals surface area contributed by atoms with Gasteiger partial charge in [0.15, 0.2) is 0 Å². The van der Waals surface area contributed by atoms with Crippen LogP contribution in [0.3, 0.4) is 0 Å². The number of ether oxygens (including phenoxy) is 4. The Balaban J connectivity index is 0.677. The van der Waals surface area contributed by atoms with Gasteiger partial charge in [-0.1, -0.05) is 11.2 Å². The molecule has 4 aromatic heterocycles. The summed E-state index contributed by atoms with van der Waals surface area (Å²) in [5, 5.41) is 24.8. The second kappa shape index (κ2) is 22.3. The number of amides is 6. The number of imide groups is 2. The number of aryl methyl sites for hydroxylation is 3. The summed E-state index contributed by atoms with van der Waals surface area (Å²) in [6, 6.07) is 9.53. The zero-order chi connectivity index (χ0) is 51.2. The first-order valence-electron chi connectivity index (χ1n) is 24.5. The molecule has 384 valence electrons. The summed E-state index contributed by atoms with van der Waals surface area (Å²) in [6.45, 7) is 9.16. The highest BCUT2D eigenvalue weighted by molar-refractivity contribution is 6.25. The number of anilines is 3. The number of carbonyl (C=O) groups excluding carboxylic acids is 6. The number of carbonyl (C=O) groups is 6. The minimum absolute atomic E-state index is 0.00596. The highest BCUT2D eigenvalue weighted by Crippen LogP contribution is 2.43. The van der Waals surface area contributed by atoms with Crippen LogP contribution in [-0.2, 0) is 35.1 Å². The van der Waals surface area contributed by atoms with Gasteiger partial charge in [-0.05, 0) is 77.1 Å². The lowest BCUT2D eigenvalue weighted by Gasteiger charge is -2.27. The predicted molar refractivity (Wildman–Crippen MR) is 265 cm³/mol. The van der Waals surface area contributed by atoms with E-state index in [1.54, 1.807) is 19.2 Å².